The van der Waals surface area contributed by atoms with Crippen molar-refractivity contribution in [1.29, 1.82) is 0 Å². The Hall–Kier alpha value is -2.15. The Kier molecular flexibility index (Phi) is 6.54. The Labute approximate surface area is 146 Å². The van der Waals surface area contributed by atoms with Crippen molar-refractivity contribution in [3.63, 3.8) is 0 Å². The number of hydrogen-bond acceptors (Lipinski definition) is 4. The van der Waals surface area contributed by atoms with Crippen LogP contribution in [0.1, 0.15) is 15.6 Å². The molecule has 7 heteroatoms. The molecular weight excluding hydrogens is 327 g/mol. The zero-order valence-electron chi connectivity index (χ0n) is 14.5. The maximum absolute atomic E-state index is 12.9. The van der Waals surface area contributed by atoms with Crippen LogP contribution in [0.3, 0.4) is 0 Å². The minimum absolute atomic E-state index is 0.266. The molecule has 0 bridgehead atoms. The van der Waals surface area contributed by atoms with E-state index in [1.54, 1.807) is 30.5 Å². The number of halogens is 1. The average Bonchev–Trinajstić information content (AvgIpc) is 2.87. The molecule has 2 rings (SSSR count). The minimum Gasteiger partial charge on any atom is -0.492 e. The standard InChI is InChI=1S/C17H23FN4OS/c1-12-16(24-13(2)21-12)11-20-17(19-3)22(4)9-10-23-15-7-5-14(18)6-8-15/h5-8H,9-11H2,1-4H3,(H,19,20). The summed E-state index contributed by atoms with van der Waals surface area (Å²) >= 11 is 1.69. The first-order valence-corrected chi connectivity index (χ1v) is 8.54. The zero-order valence-corrected chi connectivity index (χ0v) is 15.3. The lowest BCUT2D eigenvalue weighted by Gasteiger charge is -2.22. The normalized spacial score (nSPS) is 11.5. The van der Waals surface area contributed by atoms with E-state index in [4.69, 9.17) is 4.74 Å². The van der Waals surface area contributed by atoms with Gasteiger partial charge in [-0.3, -0.25) is 4.99 Å². The highest BCUT2D eigenvalue weighted by molar-refractivity contribution is 7.11. The van der Waals surface area contributed by atoms with Crippen LogP contribution in [0, 0.1) is 19.7 Å². The maximum Gasteiger partial charge on any atom is 0.193 e. The molecule has 0 aliphatic carbocycles. The summed E-state index contributed by atoms with van der Waals surface area (Å²) in [6.45, 7) is 5.88. The number of guanidine groups is 1. The molecule has 0 radical (unpaired) electrons. The van der Waals surface area contributed by atoms with Gasteiger partial charge in [-0.15, -0.1) is 11.3 Å². The molecule has 1 heterocycles. The Morgan fingerprint density at radius 3 is 2.62 bits per heavy atom. The quantitative estimate of drug-likeness (QED) is 0.643. The van der Waals surface area contributed by atoms with E-state index < -0.39 is 0 Å². The number of aryl methyl sites for hydroxylation is 2. The predicted molar refractivity (Wildman–Crippen MR) is 96.3 cm³/mol. The smallest absolute Gasteiger partial charge is 0.193 e. The highest BCUT2D eigenvalue weighted by Crippen LogP contribution is 2.16. The molecule has 0 saturated carbocycles. The lowest BCUT2D eigenvalue weighted by Crippen LogP contribution is -2.40. The maximum atomic E-state index is 12.9. The molecule has 0 saturated heterocycles. The lowest BCUT2D eigenvalue weighted by molar-refractivity contribution is 0.281. The van der Waals surface area contributed by atoms with Crippen molar-refractivity contribution in [2.75, 3.05) is 27.2 Å². The highest BCUT2D eigenvalue weighted by atomic mass is 32.1. The molecule has 1 aromatic carbocycles. The molecule has 0 atom stereocenters. The van der Waals surface area contributed by atoms with Gasteiger partial charge >= 0.3 is 0 Å². The van der Waals surface area contributed by atoms with E-state index >= 15 is 0 Å². The summed E-state index contributed by atoms with van der Waals surface area (Å²) in [5.41, 5.74) is 1.06. The number of nitrogens with zero attached hydrogens (tertiary/aromatic N) is 3. The molecule has 1 N–H and O–H groups in total. The van der Waals surface area contributed by atoms with E-state index in [2.05, 4.69) is 15.3 Å². The summed E-state index contributed by atoms with van der Waals surface area (Å²) in [5.74, 6) is 1.18. The first-order valence-electron chi connectivity index (χ1n) is 7.72. The Bertz CT molecular complexity index is 684. The molecule has 0 aliphatic heterocycles. The fraction of sp³-hybridized carbons (Fsp3) is 0.412. The fourth-order valence-electron chi connectivity index (χ4n) is 2.22. The Morgan fingerprint density at radius 2 is 2.04 bits per heavy atom. The van der Waals surface area contributed by atoms with Gasteiger partial charge in [0, 0.05) is 19.0 Å². The van der Waals surface area contributed by atoms with Crippen molar-refractivity contribution in [1.82, 2.24) is 15.2 Å². The molecule has 0 unspecified atom stereocenters. The van der Waals surface area contributed by atoms with Crippen molar-refractivity contribution < 1.29 is 9.13 Å². The summed E-state index contributed by atoms with van der Waals surface area (Å²) in [6, 6.07) is 6.02. The van der Waals surface area contributed by atoms with Gasteiger partial charge in [-0.25, -0.2) is 9.37 Å². The molecule has 0 spiro atoms. The molecule has 5 nitrogen and oxygen atoms in total. The molecule has 24 heavy (non-hydrogen) atoms. The van der Waals surface area contributed by atoms with E-state index in [1.807, 2.05) is 25.8 Å². The molecule has 0 amide bonds. The number of hydrogen-bond donors (Lipinski definition) is 1. The number of likely N-dealkylation sites (N-methyl/N-ethyl adjacent to an activating group) is 1. The van der Waals surface area contributed by atoms with Crippen molar-refractivity contribution in [2.24, 2.45) is 4.99 Å². The number of nitrogens with one attached hydrogen (secondary N) is 1. The molecule has 130 valence electrons. The number of aliphatic imine (C=N–C) groups is 1. The Balaban J connectivity index is 1.79. The number of aromatic nitrogens is 1. The van der Waals surface area contributed by atoms with Gasteiger partial charge in [0.15, 0.2) is 5.96 Å². The molecule has 0 fully saturated rings. The van der Waals surface area contributed by atoms with Gasteiger partial charge in [0.25, 0.3) is 0 Å². The first kappa shape index (κ1) is 18.2. The molecule has 2 aromatic rings. The SMILES string of the molecule is CN=C(NCc1sc(C)nc1C)N(C)CCOc1ccc(F)cc1. The van der Waals surface area contributed by atoms with Gasteiger partial charge in [0.2, 0.25) is 0 Å². The number of benzene rings is 1. The third-order valence-corrected chi connectivity index (χ3v) is 4.56. The van der Waals surface area contributed by atoms with E-state index in [-0.39, 0.29) is 5.82 Å². The summed E-state index contributed by atoms with van der Waals surface area (Å²) in [6.07, 6.45) is 0. The summed E-state index contributed by atoms with van der Waals surface area (Å²) in [7, 11) is 3.71. The van der Waals surface area contributed by atoms with Crippen LogP contribution in [0.15, 0.2) is 29.3 Å². The third kappa shape index (κ3) is 5.19. The van der Waals surface area contributed by atoms with Crippen molar-refractivity contribution in [3.8, 4) is 5.75 Å². The number of rotatable bonds is 6. The van der Waals surface area contributed by atoms with Crippen LogP contribution in [0.25, 0.3) is 0 Å². The second kappa shape index (κ2) is 8.63. The van der Waals surface area contributed by atoms with Crippen LogP contribution in [0.2, 0.25) is 0 Å². The fourth-order valence-corrected chi connectivity index (χ4v) is 3.10. The highest BCUT2D eigenvalue weighted by Gasteiger charge is 2.09. The van der Waals surface area contributed by atoms with Crippen LogP contribution in [0.5, 0.6) is 5.75 Å². The second-order valence-corrected chi connectivity index (χ2v) is 6.65. The van der Waals surface area contributed by atoms with Crippen molar-refractivity contribution in [2.45, 2.75) is 20.4 Å². The van der Waals surface area contributed by atoms with E-state index in [0.29, 0.717) is 25.4 Å². The van der Waals surface area contributed by atoms with Gasteiger partial charge in [0.1, 0.15) is 18.2 Å². The van der Waals surface area contributed by atoms with Crippen LogP contribution in [0.4, 0.5) is 4.39 Å². The molecule has 1 aromatic heterocycles. The summed E-state index contributed by atoms with van der Waals surface area (Å²) < 4.78 is 18.5. The second-order valence-electron chi connectivity index (χ2n) is 5.37. The van der Waals surface area contributed by atoms with Crippen LogP contribution in [-0.4, -0.2) is 43.1 Å². The summed E-state index contributed by atoms with van der Waals surface area (Å²) in [5, 5.41) is 4.41. The van der Waals surface area contributed by atoms with E-state index in [1.165, 1.54) is 17.0 Å². The number of ether oxygens (including phenoxy) is 1. The van der Waals surface area contributed by atoms with Crippen LogP contribution in [-0.2, 0) is 6.54 Å². The summed E-state index contributed by atoms with van der Waals surface area (Å²) in [4.78, 5) is 11.9. The number of thiazole rings is 1. The van der Waals surface area contributed by atoms with Gasteiger partial charge in [-0.2, -0.15) is 0 Å². The molecule has 0 aliphatic rings. The third-order valence-electron chi connectivity index (χ3n) is 3.49. The van der Waals surface area contributed by atoms with Crippen molar-refractivity contribution >= 4 is 17.3 Å². The van der Waals surface area contributed by atoms with Gasteiger partial charge in [-0.05, 0) is 38.1 Å². The average molecular weight is 350 g/mol. The van der Waals surface area contributed by atoms with E-state index in [0.717, 1.165) is 16.7 Å². The molecular formula is C17H23FN4OS. The first-order chi connectivity index (χ1) is 11.5. The zero-order chi connectivity index (χ0) is 17.5. The Morgan fingerprint density at radius 1 is 1.33 bits per heavy atom. The van der Waals surface area contributed by atoms with Gasteiger partial charge < -0.3 is 15.0 Å². The van der Waals surface area contributed by atoms with Crippen molar-refractivity contribution in [3.05, 3.63) is 45.7 Å². The predicted octanol–water partition coefficient (Wildman–Crippen LogP) is 2.99. The van der Waals surface area contributed by atoms with Gasteiger partial charge in [-0.1, -0.05) is 0 Å². The van der Waals surface area contributed by atoms with Crippen LogP contribution >= 0.6 is 11.3 Å². The van der Waals surface area contributed by atoms with E-state index in [9.17, 15) is 4.39 Å². The lowest BCUT2D eigenvalue weighted by atomic mass is 10.3. The topological polar surface area (TPSA) is 49.8 Å². The monoisotopic (exact) mass is 350 g/mol. The largest absolute Gasteiger partial charge is 0.492 e. The van der Waals surface area contributed by atoms with Crippen LogP contribution < -0.4 is 10.1 Å². The van der Waals surface area contributed by atoms with Gasteiger partial charge in [0.05, 0.1) is 23.8 Å². The minimum atomic E-state index is -0.266.